The van der Waals surface area contributed by atoms with Crippen LogP contribution in [-0.2, 0) is 6.54 Å². The van der Waals surface area contributed by atoms with Crippen LogP contribution in [0.25, 0.3) is 10.2 Å². The third kappa shape index (κ3) is 3.00. The largest absolute Gasteiger partial charge is 0.467 e. The van der Waals surface area contributed by atoms with Gasteiger partial charge in [-0.15, -0.1) is 0 Å². The van der Waals surface area contributed by atoms with Gasteiger partial charge in [0, 0.05) is 11.1 Å². The number of aryl methyl sites for hydroxylation is 2. The Balaban J connectivity index is 1.79. The van der Waals surface area contributed by atoms with Gasteiger partial charge in [0.1, 0.15) is 5.76 Å². The number of thiazole rings is 1. The zero-order valence-electron chi connectivity index (χ0n) is 14.0. The highest BCUT2D eigenvalue weighted by Gasteiger charge is 2.26. The summed E-state index contributed by atoms with van der Waals surface area (Å²) in [5.74, 6) is 0.469. The lowest BCUT2D eigenvalue weighted by Gasteiger charge is -2.16. The highest BCUT2D eigenvalue weighted by Crippen LogP contribution is 2.34. The molecule has 1 aromatic carbocycles. The summed E-state index contributed by atoms with van der Waals surface area (Å²) in [4.78, 5) is 19.2. The molecule has 6 nitrogen and oxygen atoms in total. The second-order valence-electron chi connectivity index (χ2n) is 5.82. The molecule has 26 heavy (non-hydrogen) atoms. The van der Waals surface area contributed by atoms with Gasteiger partial charge in [0.25, 0.3) is 5.91 Å². The number of carbonyl (C=O) groups excluding carboxylic acids is 1. The molecule has 3 aromatic heterocycles. The molecule has 0 radical (unpaired) electrons. The third-order valence-electron chi connectivity index (χ3n) is 3.95. The minimum Gasteiger partial charge on any atom is -0.467 e. The Morgan fingerprint density at radius 2 is 2.15 bits per heavy atom. The number of carbonyl (C=O) groups is 1. The Kier molecular flexibility index (Phi) is 4.26. The number of amides is 1. The zero-order valence-corrected chi connectivity index (χ0v) is 15.6. The standard InChI is InChI=1S/C18H14ClN3O3S/c1-10-8-14(25-21-10)17(23)22(9-12-4-3-7-24-12)18-20-16-11(2)13(19)5-6-15(16)26-18/h3-8H,9H2,1-2H3. The maximum Gasteiger partial charge on any atom is 0.299 e. The number of nitrogens with zero attached hydrogens (tertiary/aromatic N) is 3. The van der Waals surface area contributed by atoms with E-state index in [2.05, 4.69) is 10.1 Å². The van der Waals surface area contributed by atoms with Gasteiger partial charge in [-0.1, -0.05) is 28.1 Å². The Bertz CT molecular complexity index is 1080. The van der Waals surface area contributed by atoms with Crippen LogP contribution in [0.15, 0.2) is 45.5 Å². The van der Waals surface area contributed by atoms with E-state index in [0.29, 0.717) is 21.6 Å². The normalized spacial score (nSPS) is 11.2. The highest BCUT2D eigenvalue weighted by molar-refractivity contribution is 7.22. The Morgan fingerprint density at radius 1 is 1.31 bits per heavy atom. The van der Waals surface area contributed by atoms with E-state index in [1.165, 1.54) is 16.2 Å². The number of anilines is 1. The molecule has 3 heterocycles. The van der Waals surface area contributed by atoms with Crippen LogP contribution in [0.2, 0.25) is 5.02 Å². The van der Waals surface area contributed by atoms with Gasteiger partial charge in [0.2, 0.25) is 5.76 Å². The van der Waals surface area contributed by atoms with Crippen LogP contribution < -0.4 is 4.90 Å². The summed E-state index contributed by atoms with van der Waals surface area (Å²) in [6, 6.07) is 8.92. The van der Waals surface area contributed by atoms with Crippen molar-refractivity contribution in [1.82, 2.24) is 10.1 Å². The molecule has 0 N–H and O–H groups in total. The molecule has 0 atom stereocenters. The van der Waals surface area contributed by atoms with Gasteiger partial charge in [-0.25, -0.2) is 4.98 Å². The van der Waals surface area contributed by atoms with Gasteiger partial charge in [-0.3, -0.25) is 9.69 Å². The fourth-order valence-electron chi connectivity index (χ4n) is 2.59. The summed E-state index contributed by atoms with van der Waals surface area (Å²) in [6.07, 6.45) is 1.57. The predicted octanol–water partition coefficient (Wildman–Crippen LogP) is 4.99. The van der Waals surface area contributed by atoms with E-state index in [0.717, 1.165) is 15.8 Å². The predicted molar refractivity (Wildman–Crippen MR) is 99.8 cm³/mol. The minimum atomic E-state index is -0.329. The van der Waals surface area contributed by atoms with Crippen molar-refractivity contribution in [1.29, 1.82) is 0 Å². The molecule has 8 heteroatoms. The summed E-state index contributed by atoms with van der Waals surface area (Å²) in [5.41, 5.74) is 2.30. The van der Waals surface area contributed by atoms with E-state index < -0.39 is 0 Å². The van der Waals surface area contributed by atoms with Crippen molar-refractivity contribution in [2.24, 2.45) is 0 Å². The van der Waals surface area contributed by atoms with E-state index in [-0.39, 0.29) is 18.2 Å². The molecule has 0 aliphatic heterocycles. The van der Waals surface area contributed by atoms with E-state index >= 15 is 0 Å². The van der Waals surface area contributed by atoms with Crippen molar-refractivity contribution in [2.75, 3.05) is 4.90 Å². The first-order valence-electron chi connectivity index (χ1n) is 7.86. The van der Waals surface area contributed by atoms with Crippen LogP contribution in [-0.4, -0.2) is 16.0 Å². The van der Waals surface area contributed by atoms with Crippen molar-refractivity contribution >= 4 is 44.2 Å². The second kappa shape index (κ2) is 6.59. The van der Waals surface area contributed by atoms with Crippen molar-refractivity contribution in [2.45, 2.75) is 20.4 Å². The van der Waals surface area contributed by atoms with Crippen LogP contribution in [0.1, 0.15) is 27.6 Å². The van der Waals surface area contributed by atoms with E-state index in [1.807, 2.05) is 19.1 Å². The summed E-state index contributed by atoms with van der Waals surface area (Å²) in [7, 11) is 0. The molecule has 4 aromatic rings. The minimum absolute atomic E-state index is 0.156. The number of benzene rings is 1. The maximum atomic E-state index is 13.0. The lowest BCUT2D eigenvalue weighted by molar-refractivity contribution is 0.0947. The van der Waals surface area contributed by atoms with Gasteiger partial charge >= 0.3 is 0 Å². The van der Waals surface area contributed by atoms with E-state index in [9.17, 15) is 4.79 Å². The highest BCUT2D eigenvalue weighted by atomic mass is 35.5. The van der Waals surface area contributed by atoms with Crippen LogP contribution in [0.3, 0.4) is 0 Å². The lowest BCUT2D eigenvalue weighted by atomic mass is 10.2. The van der Waals surface area contributed by atoms with E-state index in [1.54, 1.807) is 31.4 Å². The topological polar surface area (TPSA) is 72.4 Å². The van der Waals surface area contributed by atoms with Gasteiger partial charge in [-0.05, 0) is 43.7 Å². The summed E-state index contributed by atoms with van der Waals surface area (Å²) < 4.78 is 11.5. The molecule has 4 rings (SSSR count). The molecule has 0 bridgehead atoms. The van der Waals surface area contributed by atoms with Crippen molar-refractivity contribution in [3.63, 3.8) is 0 Å². The Morgan fingerprint density at radius 3 is 2.85 bits per heavy atom. The SMILES string of the molecule is Cc1cc(C(=O)N(Cc2ccco2)c2nc3c(C)c(Cl)ccc3s2)on1. The van der Waals surface area contributed by atoms with E-state index in [4.69, 9.17) is 20.5 Å². The monoisotopic (exact) mass is 387 g/mol. The first-order chi connectivity index (χ1) is 12.5. The fourth-order valence-corrected chi connectivity index (χ4v) is 3.76. The van der Waals surface area contributed by atoms with Gasteiger partial charge in [-0.2, -0.15) is 0 Å². The summed E-state index contributed by atoms with van der Waals surface area (Å²) in [5, 5.41) is 4.98. The van der Waals surface area contributed by atoms with Gasteiger partial charge in [0.15, 0.2) is 5.13 Å². The molecule has 0 fully saturated rings. The second-order valence-corrected chi connectivity index (χ2v) is 7.24. The summed E-state index contributed by atoms with van der Waals surface area (Å²) in [6.45, 7) is 3.91. The summed E-state index contributed by atoms with van der Waals surface area (Å²) >= 11 is 7.61. The lowest BCUT2D eigenvalue weighted by Crippen LogP contribution is -2.29. The number of hydrogen-bond acceptors (Lipinski definition) is 6. The number of rotatable bonds is 4. The fraction of sp³-hybridized carbons (Fsp3) is 0.167. The Labute approximate surface area is 158 Å². The molecule has 132 valence electrons. The van der Waals surface area contributed by atoms with Crippen molar-refractivity contribution in [3.05, 3.63) is 64.4 Å². The molecule has 0 aliphatic carbocycles. The van der Waals surface area contributed by atoms with Crippen LogP contribution in [0.4, 0.5) is 5.13 Å². The molecule has 1 amide bonds. The number of fused-ring (bicyclic) bond motifs is 1. The first kappa shape index (κ1) is 16.8. The Hall–Kier alpha value is -2.64. The van der Waals surface area contributed by atoms with Crippen molar-refractivity contribution < 1.29 is 13.7 Å². The van der Waals surface area contributed by atoms with Crippen LogP contribution in [0.5, 0.6) is 0 Å². The molecule has 0 spiro atoms. The van der Waals surface area contributed by atoms with Gasteiger partial charge in [0.05, 0.1) is 28.7 Å². The first-order valence-corrected chi connectivity index (χ1v) is 9.05. The number of halogens is 1. The average Bonchev–Trinajstić information content (AvgIpc) is 3.36. The maximum absolute atomic E-state index is 13.0. The smallest absolute Gasteiger partial charge is 0.299 e. The molecular formula is C18H14ClN3O3S. The molecular weight excluding hydrogens is 374 g/mol. The molecule has 0 aliphatic rings. The van der Waals surface area contributed by atoms with Gasteiger partial charge < -0.3 is 8.94 Å². The van der Waals surface area contributed by atoms with Crippen LogP contribution in [0, 0.1) is 13.8 Å². The molecule has 0 unspecified atom stereocenters. The van der Waals surface area contributed by atoms with Crippen molar-refractivity contribution in [3.8, 4) is 0 Å². The molecule has 0 saturated heterocycles. The number of furan rings is 1. The zero-order chi connectivity index (χ0) is 18.3. The van der Waals surface area contributed by atoms with Crippen LogP contribution >= 0.6 is 22.9 Å². The average molecular weight is 388 g/mol. The number of aromatic nitrogens is 2. The quantitative estimate of drug-likeness (QED) is 0.493. The molecule has 0 saturated carbocycles. The third-order valence-corrected chi connectivity index (χ3v) is 5.40. The number of hydrogen-bond donors (Lipinski definition) is 0.